The molecule has 0 saturated heterocycles. The zero-order chi connectivity index (χ0) is 14.0. The predicted molar refractivity (Wildman–Crippen MR) is 57.2 cm³/mol. The molecule has 0 saturated carbocycles. The average molecular weight is 272 g/mol. The maximum Gasteiger partial charge on any atom is 0.511 e. The SMILES string of the molecule is O=C(O)Oc1cnn(-c2cccc(C(F)(F)F)c2)c1. The van der Waals surface area contributed by atoms with Crippen LogP contribution >= 0.6 is 0 Å². The van der Waals surface area contributed by atoms with Crippen LogP contribution in [0.4, 0.5) is 18.0 Å². The van der Waals surface area contributed by atoms with E-state index in [0.717, 1.165) is 23.0 Å². The highest BCUT2D eigenvalue weighted by atomic mass is 19.4. The average Bonchev–Trinajstić information content (AvgIpc) is 2.76. The maximum absolute atomic E-state index is 12.5. The summed E-state index contributed by atoms with van der Waals surface area (Å²) in [7, 11) is 0. The third-order valence-electron chi connectivity index (χ3n) is 2.20. The van der Waals surface area contributed by atoms with Gasteiger partial charge in [-0.15, -0.1) is 0 Å². The number of halogens is 3. The van der Waals surface area contributed by atoms with E-state index in [-0.39, 0.29) is 11.4 Å². The Morgan fingerprint density at radius 2 is 2.11 bits per heavy atom. The lowest BCUT2D eigenvalue weighted by molar-refractivity contribution is -0.137. The molecule has 2 rings (SSSR count). The van der Waals surface area contributed by atoms with E-state index in [2.05, 4.69) is 9.84 Å². The molecule has 0 aliphatic rings. The minimum atomic E-state index is -4.45. The van der Waals surface area contributed by atoms with Gasteiger partial charge < -0.3 is 9.84 Å². The Balaban J connectivity index is 2.32. The Morgan fingerprint density at radius 1 is 1.37 bits per heavy atom. The van der Waals surface area contributed by atoms with Crippen molar-refractivity contribution in [1.29, 1.82) is 0 Å². The van der Waals surface area contributed by atoms with Crippen LogP contribution in [0.1, 0.15) is 5.56 Å². The van der Waals surface area contributed by atoms with Crippen LogP contribution < -0.4 is 4.74 Å². The third kappa shape index (κ3) is 3.03. The van der Waals surface area contributed by atoms with Crippen LogP contribution in [0.15, 0.2) is 36.7 Å². The fourth-order valence-electron chi connectivity index (χ4n) is 1.43. The molecule has 1 aromatic heterocycles. The van der Waals surface area contributed by atoms with E-state index in [9.17, 15) is 18.0 Å². The van der Waals surface area contributed by atoms with Gasteiger partial charge in [-0.1, -0.05) is 6.07 Å². The molecule has 5 nitrogen and oxygen atoms in total. The third-order valence-corrected chi connectivity index (χ3v) is 2.20. The topological polar surface area (TPSA) is 64.3 Å². The molecule has 19 heavy (non-hydrogen) atoms. The first-order valence-electron chi connectivity index (χ1n) is 4.99. The summed E-state index contributed by atoms with van der Waals surface area (Å²) in [6.07, 6.45) is -3.72. The molecule has 0 fully saturated rings. The summed E-state index contributed by atoms with van der Waals surface area (Å²) >= 11 is 0. The second kappa shape index (κ2) is 4.63. The zero-order valence-electron chi connectivity index (χ0n) is 9.26. The first kappa shape index (κ1) is 12.9. The van der Waals surface area contributed by atoms with Crippen molar-refractivity contribution in [3.63, 3.8) is 0 Å². The molecule has 0 spiro atoms. The normalized spacial score (nSPS) is 11.3. The molecule has 0 radical (unpaired) electrons. The number of hydrogen-bond donors (Lipinski definition) is 1. The second-order valence-corrected chi connectivity index (χ2v) is 3.54. The van der Waals surface area contributed by atoms with Crippen molar-refractivity contribution in [3.05, 3.63) is 42.2 Å². The molecule has 0 bridgehead atoms. The van der Waals surface area contributed by atoms with Gasteiger partial charge in [0.1, 0.15) is 0 Å². The van der Waals surface area contributed by atoms with Gasteiger partial charge in [0, 0.05) is 0 Å². The van der Waals surface area contributed by atoms with E-state index in [1.54, 1.807) is 0 Å². The number of aromatic nitrogens is 2. The molecular formula is C11H7F3N2O3. The monoisotopic (exact) mass is 272 g/mol. The molecule has 2 aromatic rings. The summed E-state index contributed by atoms with van der Waals surface area (Å²) < 4.78 is 43.0. The van der Waals surface area contributed by atoms with E-state index in [1.807, 2.05) is 0 Å². The molecule has 100 valence electrons. The lowest BCUT2D eigenvalue weighted by atomic mass is 10.2. The Kier molecular flexibility index (Phi) is 3.16. The van der Waals surface area contributed by atoms with Crippen LogP contribution in [-0.4, -0.2) is 21.0 Å². The van der Waals surface area contributed by atoms with Gasteiger partial charge in [-0.3, -0.25) is 0 Å². The first-order chi connectivity index (χ1) is 8.86. The lowest BCUT2D eigenvalue weighted by Gasteiger charge is -2.08. The van der Waals surface area contributed by atoms with Gasteiger partial charge >= 0.3 is 12.3 Å². The molecule has 0 unspecified atom stereocenters. The van der Waals surface area contributed by atoms with Crippen molar-refractivity contribution in [2.75, 3.05) is 0 Å². The number of alkyl halides is 3. The summed E-state index contributed by atoms with van der Waals surface area (Å²) in [6.45, 7) is 0. The summed E-state index contributed by atoms with van der Waals surface area (Å²) in [5.41, 5.74) is -0.670. The molecule has 0 atom stereocenters. The minimum absolute atomic E-state index is 0.0788. The molecule has 0 aliphatic heterocycles. The fraction of sp³-hybridized carbons (Fsp3) is 0.0909. The van der Waals surface area contributed by atoms with Crippen molar-refractivity contribution in [3.8, 4) is 11.4 Å². The second-order valence-electron chi connectivity index (χ2n) is 3.54. The van der Waals surface area contributed by atoms with Crippen LogP contribution in [0.5, 0.6) is 5.75 Å². The number of benzene rings is 1. The highest BCUT2D eigenvalue weighted by Crippen LogP contribution is 2.30. The van der Waals surface area contributed by atoms with Crippen LogP contribution in [0, 0.1) is 0 Å². The lowest BCUT2D eigenvalue weighted by Crippen LogP contribution is -2.06. The Labute approximate surface area is 104 Å². The van der Waals surface area contributed by atoms with Crippen molar-refractivity contribution >= 4 is 6.16 Å². The number of rotatable bonds is 2. The first-order valence-corrected chi connectivity index (χ1v) is 4.99. The van der Waals surface area contributed by atoms with E-state index in [4.69, 9.17) is 5.11 Å². The molecule has 0 amide bonds. The minimum Gasteiger partial charge on any atom is -0.449 e. The highest BCUT2D eigenvalue weighted by molar-refractivity contribution is 5.60. The van der Waals surface area contributed by atoms with E-state index < -0.39 is 17.9 Å². The summed E-state index contributed by atoms with van der Waals surface area (Å²) in [6, 6.07) is 4.48. The Morgan fingerprint density at radius 3 is 2.74 bits per heavy atom. The van der Waals surface area contributed by atoms with Gasteiger partial charge in [-0.2, -0.15) is 18.3 Å². The molecule has 0 aliphatic carbocycles. The van der Waals surface area contributed by atoms with Crippen molar-refractivity contribution < 1.29 is 27.8 Å². The van der Waals surface area contributed by atoms with Gasteiger partial charge in [-0.05, 0) is 18.2 Å². The summed E-state index contributed by atoms with van der Waals surface area (Å²) in [4.78, 5) is 10.3. The Bertz CT molecular complexity index is 607. The zero-order valence-corrected chi connectivity index (χ0v) is 9.26. The summed E-state index contributed by atoms with van der Waals surface area (Å²) in [5, 5.41) is 12.1. The number of ether oxygens (including phenoxy) is 1. The predicted octanol–water partition coefficient (Wildman–Crippen LogP) is 2.95. The highest BCUT2D eigenvalue weighted by Gasteiger charge is 2.30. The molecule has 1 N–H and O–H groups in total. The standard InChI is InChI=1S/C11H7F3N2O3/c12-11(13,14)7-2-1-3-8(4-7)16-6-9(5-15-16)19-10(17)18/h1-6H,(H,17,18). The van der Waals surface area contributed by atoms with Gasteiger partial charge in [-0.25, -0.2) is 9.48 Å². The molecule has 8 heteroatoms. The number of hydrogen-bond acceptors (Lipinski definition) is 3. The van der Waals surface area contributed by atoms with Crippen LogP contribution in [0.2, 0.25) is 0 Å². The number of carboxylic acid groups (broad SMARTS) is 1. The van der Waals surface area contributed by atoms with Crippen LogP contribution in [0.25, 0.3) is 5.69 Å². The van der Waals surface area contributed by atoms with Gasteiger partial charge in [0.25, 0.3) is 0 Å². The smallest absolute Gasteiger partial charge is 0.449 e. The molecular weight excluding hydrogens is 265 g/mol. The maximum atomic E-state index is 12.5. The van der Waals surface area contributed by atoms with E-state index in [0.29, 0.717) is 0 Å². The number of nitrogens with zero attached hydrogens (tertiary/aromatic N) is 2. The van der Waals surface area contributed by atoms with Crippen molar-refractivity contribution in [2.45, 2.75) is 6.18 Å². The van der Waals surface area contributed by atoms with Gasteiger partial charge in [0.2, 0.25) is 0 Å². The Hall–Kier alpha value is -2.51. The van der Waals surface area contributed by atoms with E-state index in [1.165, 1.54) is 18.3 Å². The van der Waals surface area contributed by atoms with Gasteiger partial charge in [0.15, 0.2) is 5.75 Å². The van der Waals surface area contributed by atoms with Crippen LogP contribution in [0.3, 0.4) is 0 Å². The van der Waals surface area contributed by atoms with Crippen molar-refractivity contribution in [2.24, 2.45) is 0 Å². The van der Waals surface area contributed by atoms with E-state index >= 15 is 0 Å². The number of carbonyl (C=O) groups is 1. The molecule has 1 aromatic carbocycles. The largest absolute Gasteiger partial charge is 0.511 e. The quantitative estimate of drug-likeness (QED) is 0.853. The van der Waals surface area contributed by atoms with Crippen molar-refractivity contribution in [1.82, 2.24) is 9.78 Å². The van der Waals surface area contributed by atoms with Crippen LogP contribution in [-0.2, 0) is 6.18 Å². The van der Waals surface area contributed by atoms with Gasteiger partial charge in [0.05, 0.1) is 23.6 Å². The molecule has 1 heterocycles. The summed E-state index contributed by atoms with van der Waals surface area (Å²) in [5.74, 6) is -0.0788. The fourth-order valence-corrected chi connectivity index (χ4v) is 1.43.